The highest BCUT2D eigenvalue weighted by Crippen LogP contribution is 2.49. The fraction of sp³-hybridized carbons (Fsp3) is 0.462. The second-order valence-corrected chi connectivity index (χ2v) is 6.11. The van der Waals surface area contributed by atoms with E-state index >= 15 is 0 Å². The molecule has 1 N–H and O–H groups in total. The van der Waals surface area contributed by atoms with Crippen molar-refractivity contribution in [2.75, 3.05) is 17.7 Å². The van der Waals surface area contributed by atoms with E-state index in [1.54, 1.807) is 11.3 Å². The lowest BCUT2D eigenvalue weighted by Crippen LogP contribution is -2.16. The Morgan fingerprint density at radius 2 is 2.29 bits per heavy atom. The van der Waals surface area contributed by atoms with Gasteiger partial charge in [-0.3, -0.25) is 0 Å². The summed E-state index contributed by atoms with van der Waals surface area (Å²) in [4.78, 5) is 4.43. The fourth-order valence-electron chi connectivity index (χ4n) is 2.20. The van der Waals surface area contributed by atoms with Crippen LogP contribution in [0, 0.1) is 5.41 Å². The van der Waals surface area contributed by atoms with E-state index in [1.165, 1.54) is 22.9 Å². The highest BCUT2D eigenvalue weighted by molar-refractivity contribution is 7.17. The number of nitrogens with zero attached hydrogens (tertiary/aromatic N) is 1. The zero-order valence-electron chi connectivity index (χ0n) is 9.58. The first-order valence-electron chi connectivity index (χ1n) is 5.95. The molecule has 2 heterocycles. The molecule has 0 saturated heterocycles. The van der Waals surface area contributed by atoms with Gasteiger partial charge in [-0.1, -0.05) is 0 Å². The van der Waals surface area contributed by atoms with E-state index < -0.39 is 0 Å². The van der Waals surface area contributed by atoms with Crippen LogP contribution in [0.25, 0.3) is 10.1 Å². The first-order valence-corrected chi connectivity index (χ1v) is 7.36. The van der Waals surface area contributed by atoms with E-state index in [1.807, 2.05) is 6.20 Å². The van der Waals surface area contributed by atoms with Crippen LogP contribution in [0.2, 0.25) is 0 Å². The van der Waals surface area contributed by atoms with Crippen molar-refractivity contribution in [3.63, 3.8) is 0 Å². The lowest BCUT2D eigenvalue weighted by atomic mass is 10.0. The van der Waals surface area contributed by atoms with Gasteiger partial charge in [-0.15, -0.1) is 22.9 Å². The van der Waals surface area contributed by atoms with E-state index in [0.29, 0.717) is 5.41 Å². The molecule has 0 bridgehead atoms. The molecule has 1 saturated carbocycles. The van der Waals surface area contributed by atoms with Crippen LogP contribution < -0.4 is 5.32 Å². The maximum atomic E-state index is 5.84. The maximum absolute atomic E-state index is 5.84. The van der Waals surface area contributed by atoms with Crippen molar-refractivity contribution in [2.24, 2.45) is 5.41 Å². The van der Waals surface area contributed by atoms with E-state index in [-0.39, 0.29) is 0 Å². The molecule has 0 aromatic carbocycles. The monoisotopic (exact) mass is 266 g/mol. The van der Waals surface area contributed by atoms with Gasteiger partial charge in [0.25, 0.3) is 0 Å². The summed E-state index contributed by atoms with van der Waals surface area (Å²) in [6, 6.07) is 4.20. The zero-order chi connectivity index (χ0) is 11.7. The molecule has 2 nitrogen and oxygen atoms in total. The summed E-state index contributed by atoms with van der Waals surface area (Å²) in [6.07, 6.45) is 5.59. The van der Waals surface area contributed by atoms with Gasteiger partial charge >= 0.3 is 0 Å². The highest BCUT2D eigenvalue weighted by Gasteiger charge is 2.41. The summed E-state index contributed by atoms with van der Waals surface area (Å²) in [5.41, 5.74) is 0.446. The van der Waals surface area contributed by atoms with E-state index in [4.69, 9.17) is 11.6 Å². The minimum atomic E-state index is 0.446. The third-order valence-corrected chi connectivity index (χ3v) is 4.66. The topological polar surface area (TPSA) is 24.9 Å². The van der Waals surface area contributed by atoms with Gasteiger partial charge < -0.3 is 5.32 Å². The van der Waals surface area contributed by atoms with Gasteiger partial charge in [0.2, 0.25) is 0 Å². The second kappa shape index (κ2) is 4.46. The van der Waals surface area contributed by atoms with Crippen LogP contribution in [0.1, 0.15) is 19.3 Å². The molecule has 90 valence electrons. The molecule has 17 heavy (non-hydrogen) atoms. The third-order valence-electron chi connectivity index (χ3n) is 3.59. The Bertz CT molecular complexity index is 519. The van der Waals surface area contributed by atoms with E-state index in [9.17, 15) is 0 Å². The Morgan fingerprint density at radius 1 is 1.41 bits per heavy atom. The van der Waals surface area contributed by atoms with Gasteiger partial charge in [0.05, 0.1) is 0 Å². The van der Waals surface area contributed by atoms with Crippen molar-refractivity contribution >= 4 is 38.8 Å². The Balaban J connectivity index is 1.75. The van der Waals surface area contributed by atoms with Gasteiger partial charge in [-0.25, -0.2) is 4.98 Å². The summed E-state index contributed by atoms with van der Waals surface area (Å²) in [6.45, 7) is 1.00. The number of rotatable bonds is 5. The molecule has 1 aliphatic carbocycles. The van der Waals surface area contributed by atoms with Crippen molar-refractivity contribution in [3.8, 4) is 0 Å². The third kappa shape index (κ3) is 2.26. The lowest BCUT2D eigenvalue weighted by molar-refractivity contribution is 0.524. The molecule has 2 aromatic heterocycles. The molecule has 0 unspecified atom stereocenters. The van der Waals surface area contributed by atoms with Crippen LogP contribution in [-0.4, -0.2) is 17.4 Å². The number of hydrogen-bond donors (Lipinski definition) is 1. The van der Waals surface area contributed by atoms with Gasteiger partial charge in [0.15, 0.2) is 0 Å². The van der Waals surface area contributed by atoms with Gasteiger partial charge in [0, 0.05) is 28.7 Å². The standard InChI is InChI=1S/C13H15ClN2S/c14-6-5-13(3-4-13)9-16-12-10-2-8-17-11(10)1-7-15-12/h1-2,7-8H,3-6,9H2,(H,15,16). The smallest absolute Gasteiger partial charge is 0.134 e. The van der Waals surface area contributed by atoms with Crippen molar-refractivity contribution in [1.82, 2.24) is 4.98 Å². The molecule has 4 heteroatoms. The predicted octanol–water partition coefficient (Wildman–Crippen LogP) is 4.12. The molecule has 3 rings (SSSR count). The summed E-state index contributed by atoms with van der Waals surface area (Å²) in [7, 11) is 0. The Hall–Kier alpha value is -0.800. The first kappa shape index (κ1) is 11.3. The predicted molar refractivity (Wildman–Crippen MR) is 75.1 cm³/mol. The number of halogens is 1. The summed E-state index contributed by atoms with van der Waals surface area (Å²) in [5.74, 6) is 1.78. The summed E-state index contributed by atoms with van der Waals surface area (Å²) < 4.78 is 1.30. The van der Waals surface area contributed by atoms with Crippen LogP contribution in [0.3, 0.4) is 0 Å². The number of nitrogens with one attached hydrogen (secondary N) is 1. The number of anilines is 1. The van der Waals surface area contributed by atoms with E-state index in [0.717, 1.165) is 24.7 Å². The number of hydrogen-bond acceptors (Lipinski definition) is 3. The minimum Gasteiger partial charge on any atom is -0.369 e. The van der Waals surface area contributed by atoms with Crippen LogP contribution in [0.4, 0.5) is 5.82 Å². The second-order valence-electron chi connectivity index (χ2n) is 4.78. The highest BCUT2D eigenvalue weighted by atomic mass is 35.5. The van der Waals surface area contributed by atoms with Gasteiger partial charge in [-0.05, 0) is 42.2 Å². The van der Waals surface area contributed by atoms with Crippen molar-refractivity contribution in [1.29, 1.82) is 0 Å². The average Bonchev–Trinajstić information content (AvgIpc) is 2.92. The SMILES string of the molecule is ClCCC1(CNc2nccc3sccc23)CC1. The molecule has 0 radical (unpaired) electrons. The Labute approximate surface area is 110 Å². The van der Waals surface area contributed by atoms with Crippen molar-refractivity contribution in [3.05, 3.63) is 23.7 Å². The van der Waals surface area contributed by atoms with Crippen LogP contribution >= 0.6 is 22.9 Å². The molecule has 0 spiro atoms. The van der Waals surface area contributed by atoms with Gasteiger partial charge in [0.1, 0.15) is 5.82 Å². The minimum absolute atomic E-state index is 0.446. The fourth-order valence-corrected chi connectivity index (χ4v) is 3.38. The van der Waals surface area contributed by atoms with Crippen LogP contribution in [-0.2, 0) is 0 Å². The average molecular weight is 267 g/mol. The number of aromatic nitrogens is 1. The zero-order valence-corrected chi connectivity index (χ0v) is 11.2. The lowest BCUT2D eigenvalue weighted by Gasteiger charge is -2.15. The molecule has 2 aromatic rings. The van der Waals surface area contributed by atoms with Crippen LogP contribution in [0.5, 0.6) is 0 Å². The van der Waals surface area contributed by atoms with E-state index in [2.05, 4.69) is 27.8 Å². The van der Waals surface area contributed by atoms with Gasteiger partial charge in [-0.2, -0.15) is 0 Å². The summed E-state index contributed by atoms with van der Waals surface area (Å²) >= 11 is 7.60. The first-order chi connectivity index (χ1) is 8.33. The molecule has 1 aliphatic rings. The molecule has 1 fully saturated rings. The van der Waals surface area contributed by atoms with Crippen molar-refractivity contribution in [2.45, 2.75) is 19.3 Å². The largest absolute Gasteiger partial charge is 0.369 e. The number of alkyl halides is 1. The maximum Gasteiger partial charge on any atom is 0.134 e. The van der Waals surface area contributed by atoms with Crippen LogP contribution in [0.15, 0.2) is 23.7 Å². The molecule has 0 aliphatic heterocycles. The molecular formula is C13H15ClN2S. The number of thiophene rings is 1. The summed E-state index contributed by atoms with van der Waals surface area (Å²) in [5, 5.41) is 6.85. The van der Waals surface area contributed by atoms with Crippen molar-refractivity contribution < 1.29 is 0 Å². The quantitative estimate of drug-likeness (QED) is 0.824. The molecular weight excluding hydrogens is 252 g/mol. The number of pyridine rings is 1. The molecule has 0 amide bonds. The Kier molecular flexibility index (Phi) is 2.97. The normalized spacial score (nSPS) is 17.2. The number of fused-ring (bicyclic) bond motifs is 1. The Morgan fingerprint density at radius 3 is 3.06 bits per heavy atom. The molecule has 0 atom stereocenters.